The largest absolute Gasteiger partial charge is 0.378 e. The maximum absolute atomic E-state index is 12.2. The van der Waals surface area contributed by atoms with Crippen molar-refractivity contribution in [3.05, 3.63) is 29.8 Å². The van der Waals surface area contributed by atoms with Crippen LogP contribution < -0.4 is 16.0 Å². The molecule has 0 saturated carbocycles. The lowest BCUT2D eigenvalue weighted by atomic mass is 10.0. The molecule has 1 fully saturated rings. The minimum atomic E-state index is -0.302. The molecule has 1 aromatic carbocycles. The van der Waals surface area contributed by atoms with Gasteiger partial charge >= 0.3 is 0 Å². The fourth-order valence-corrected chi connectivity index (χ4v) is 2.64. The Morgan fingerprint density at radius 3 is 2.32 bits per heavy atom. The van der Waals surface area contributed by atoms with Gasteiger partial charge in [0, 0.05) is 44.5 Å². The Bertz CT molecular complexity index is 519. The summed E-state index contributed by atoms with van der Waals surface area (Å²) in [4.78, 5) is 27.2. The molecule has 0 spiro atoms. The van der Waals surface area contributed by atoms with Crippen molar-refractivity contribution in [2.45, 2.75) is 18.9 Å². The number of nitrogens with two attached hydrogens (primary N) is 1. The van der Waals surface area contributed by atoms with Crippen molar-refractivity contribution in [2.75, 3.05) is 38.6 Å². The molecule has 0 aliphatic carbocycles. The molecule has 1 aliphatic rings. The van der Waals surface area contributed by atoms with E-state index in [1.807, 2.05) is 48.2 Å². The Hall–Kier alpha value is -2.08. The lowest BCUT2D eigenvalue weighted by molar-refractivity contribution is -0.119. The molecule has 0 bridgehead atoms. The molecular formula is C16H24N4O2. The minimum absolute atomic E-state index is 0.0429. The summed E-state index contributed by atoms with van der Waals surface area (Å²) >= 11 is 0. The molecule has 6 heteroatoms. The van der Waals surface area contributed by atoms with Gasteiger partial charge in [-0.1, -0.05) is 0 Å². The smallest absolute Gasteiger partial charge is 0.251 e. The van der Waals surface area contributed by atoms with Gasteiger partial charge in [-0.25, -0.2) is 0 Å². The Morgan fingerprint density at radius 1 is 1.23 bits per heavy atom. The first-order valence-electron chi connectivity index (χ1n) is 7.54. The monoisotopic (exact) mass is 304 g/mol. The third-order valence-electron chi connectivity index (χ3n) is 3.95. The number of hydrogen-bond donors (Lipinski definition) is 2. The highest BCUT2D eigenvalue weighted by atomic mass is 16.2. The number of nitrogens with one attached hydrogen (secondary N) is 1. The number of amides is 2. The van der Waals surface area contributed by atoms with E-state index in [4.69, 9.17) is 5.73 Å². The first-order valence-corrected chi connectivity index (χ1v) is 7.54. The second-order valence-electron chi connectivity index (χ2n) is 5.93. The standard InChI is InChI=1S/C16H24N4O2/c1-19(2)14-5-3-12(4-6-14)16(22)18-13-7-9-20(10-8-13)11-15(17)21/h3-6,13H,7-11H2,1-2H3,(H2,17,21)(H,18,22). The predicted molar refractivity (Wildman–Crippen MR) is 86.9 cm³/mol. The molecule has 1 aliphatic heterocycles. The lowest BCUT2D eigenvalue weighted by Gasteiger charge is -2.31. The molecule has 2 rings (SSSR count). The zero-order valence-electron chi connectivity index (χ0n) is 13.2. The van der Waals surface area contributed by atoms with Crippen molar-refractivity contribution in [1.82, 2.24) is 10.2 Å². The van der Waals surface area contributed by atoms with Gasteiger partial charge in [0.1, 0.15) is 0 Å². The van der Waals surface area contributed by atoms with Crippen LogP contribution in [-0.2, 0) is 4.79 Å². The van der Waals surface area contributed by atoms with Crippen molar-refractivity contribution in [1.29, 1.82) is 0 Å². The predicted octanol–water partition coefficient (Wildman–Crippen LogP) is 0.432. The summed E-state index contributed by atoms with van der Waals surface area (Å²) in [5.41, 5.74) is 6.93. The Kier molecular flexibility index (Phi) is 5.38. The molecule has 2 amide bonds. The van der Waals surface area contributed by atoms with Gasteiger partial charge in [0.2, 0.25) is 5.91 Å². The number of hydrogen-bond acceptors (Lipinski definition) is 4. The van der Waals surface area contributed by atoms with Gasteiger partial charge < -0.3 is 16.0 Å². The van der Waals surface area contributed by atoms with Crippen LogP contribution in [0, 0.1) is 0 Å². The van der Waals surface area contributed by atoms with Gasteiger partial charge in [0.25, 0.3) is 5.91 Å². The number of primary amides is 1. The highest BCUT2D eigenvalue weighted by Crippen LogP contribution is 2.14. The van der Waals surface area contributed by atoms with E-state index in [-0.39, 0.29) is 17.9 Å². The maximum Gasteiger partial charge on any atom is 0.251 e. The van der Waals surface area contributed by atoms with Crippen LogP contribution in [0.25, 0.3) is 0 Å². The number of nitrogens with zero attached hydrogens (tertiary/aromatic N) is 2. The zero-order chi connectivity index (χ0) is 16.1. The molecule has 0 aromatic heterocycles. The van der Waals surface area contributed by atoms with E-state index in [0.717, 1.165) is 31.6 Å². The number of anilines is 1. The fraction of sp³-hybridized carbons (Fsp3) is 0.500. The molecule has 120 valence electrons. The second-order valence-corrected chi connectivity index (χ2v) is 5.93. The van der Waals surface area contributed by atoms with Crippen LogP contribution in [0.15, 0.2) is 24.3 Å². The van der Waals surface area contributed by atoms with E-state index in [2.05, 4.69) is 5.32 Å². The third-order valence-corrected chi connectivity index (χ3v) is 3.95. The first kappa shape index (κ1) is 16.3. The summed E-state index contributed by atoms with van der Waals surface area (Å²) in [6.45, 7) is 1.87. The fourth-order valence-electron chi connectivity index (χ4n) is 2.64. The molecule has 1 heterocycles. The summed E-state index contributed by atoms with van der Waals surface area (Å²) in [7, 11) is 3.93. The van der Waals surface area contributed by atoms with Gasteiger partial charge in [-0.15, -0.1) is 0 Å². The van der Waals surface area contributed by atoms with Crippen molar-refractivity contribution in [3.8, 4) is 0 Å². The van der Waals surface area contributed by atoms with Crippen molar-refractivity contribution < 1.29 is 9.59 Å². The van der Waals surface area contributed by atoms with E-state index >= 15 is 0 Å². The third kappa shape index (κ3) is 4.46. The van der Waals surface area contributed by atoms with Gasteiger partial charge in [-0.3, -0.25) is 14.5 Å². The molecule has 0 unspecified atom stereocenters. The van der Waals surface area contributed by atoms with E-state index in [9.17, 15) is 9.59 Å². The highest BCUT2D eigenvalue weighted by molar-refractivity contribution is 5.94. The number of piperidine rings is 1. The average molecular weight is 304 g/mol. The lowest BCUT2D eigenvalue weighted by Crippen LogP contribution is -2.46. The van der Waals surface area contributed by atoms with Crippen molar-refractivity contribution in [2.24, 2.45) is 5.73 Å². The van der Waals surface area contributed by atoms with Crippen molar-refractivity contribution in [3.63, 3.8) is 0 Å². The van der Waals surface area contributed by atoms with Crippen LogP contribution in [0.1, 0.15) is 23.2 Å². The van der Waals surface area contributed by atoms with Crippen LogP contribution in [0.4, 0.5) is 5.69 Å². The topological polar surface area (TPSA) is 78.7 Å². The van der Waals surface area contributed by atoms with E-state index in [1.165, 1.54) is 0 Å². The molecule has 0 atom stereocenters. The number of benzene rings is 1. The van der Waals surface area contributed by atoms with E-state index in [0.29, 0.717) is 12.1 Å². The number of rotatable bonds is 5. The normalized spacial score (nSPS) is 16.3. The van der Waals surface area contributed by atoms with Gasteiger partial charge in [-0.2, -0.15) is 0 Å². The molecule has 6 nitrogen and oxygen atoms in total. The quantitative estimate of drug-likeness (QED) is 0.827. The summed E-state index contributed by atoms with van der Waals surface area (Å²) in [5.74, 6) is -0.345. The van der Waals surface area contributed by atoms with Gasteiger partial charge in [0.15, 0.2) is 0 Å². The average Bonchev–Trinajstić information content (AvgIpc) is 2.49. The molecular weight excluding hydrogens is 280 g/mol. The zero-order valence-corrected chi connectivity index (χ0v) is 13.2. The summed E-state index contributed by atoms with van der Waals surface area (Å²) in [6, 6.07) is 7.71. The van der Waals surface area contributed by atoms with Crippen LogP contribution in [0.5, 0.6) is 0 Å². The summed E-state index contributed by atoms with van der Waals surface area (Å²) in [5, 5.41) is 3.06. The van der Waals surface area contributed by atoms with Crippen LogP contribution in [0.2, 0.25) is 0 Å². The summed E-state index contributed by atoms with van der Waals surface area (Å²) < 4.78 is 0. The van der Waals surface area contributed by atoms with Gasteiger partial charge in [-0.05, 0) is 37.1 Å². The molecule has 3 N–H and O–H groups in total. The van der Waals surface area contributed by atoms with Crippen LogP contribution in [0.3, 0.4) is 0 Å². The van der Waals surface area contributed by atoms with Crippen LogP contribution in [-0.4, -0.2) is 56.5 Å². The van der Waals surface area contributed by atoms with E-state index in [1.54, 1.807) is 0 Å². The number of carbonyl (C=O) groups is 2. The van der Waals surface area contributed by atoms with Gasteiger partial charge in [0.05, 0.1) is 6.54 Å². The summed E-state index contributed by atoms with van der Waals surface area (Å²) in [6.07, 6.45) is 1.68. The molecule has 0 radical (unpaired) electrons. The SMILES string of the molecule is CN(C)c1ccc(C(=O)NC2CCN(CC(N)=O)CC2)cc1. The second kappa shape index (κ2) is 7.26. The molecule has 1 saturated heterocycles. The highest BCUT2D eigenvalue weighted by Gasteiger charge is 2.21. The number of likely N-dealkylation sites (tertiary alicyclic amines) is 1. The molecule has 1 aromatic rings. The van der Waals surface area contributed by atoms with Crippen LogP contribution >= 0.6 is 0 Å². The minimum Gasteiger partial charge on any atom is -0.378 e. The maximum atomic E-state index is 12.2. The number of carbonyl (C=O) groups excluding carboxylic acids is 2. The first-order chi connectivity index (χ1) is 10.5. The van der Waals surface area contributed by atoms with Crippen molar-refractivity contribution >= 4 is 17.5 Å². The molecule has 22 heavy (non-hydrogen) atoms. The Labute approximate surface area is 131 Å². The Morgan fingerprint density at radius 2 is 1.82 bits per heavy atom. The Balaban J connectivity index is 1.84. The van der Waals surface area contributed by atoms with E-state index < -0.39 is 0 Å².